The lowest BCUT2D eigenvalue weighted by molar-refractivity contribution is 0.585. The Balaban J connectivity index is 3.07. The molecule has 0 bridgehead atoms. The largest absolute Gasteiger partial charge is 0.388 e. The molecule has 62 valence electrons. The van der Waals surface area contributed by atoms with Gasteiger partial charge in [-0.2, -0.15) is 0 Å². The molecule has 0 saturated heterocycles. The molecule has 0 saturated carbocycles. The van der Waals surface area contributed by atoms with Crippen molar-refractivity contribution < 1.29 is 8.63 Å². The summed E-state index contributed by atoms with van der Waals surface area (Å²) in [6.07, 6.45) is 2.93. The van der Waals surface area contributed by atoms with E-state index in [2.05, 4.69) is 19.0 Å². The van der Waals surface area contributed by atoms with Crippen molar-refractivity contribution in [2.75, 3.05) is 18.2 Å². The topological polar surface area (TPSA) is 94.4 Å². The Morgan fingerprint density at radius 2 is 2.18 bits per heavy atom. The molecule has 1 aromatic heterocycles. The summed E-state index contributed by atoms with van der Waals surface area (Å²) in [6.45, 7) is 0. The Bertz CT molecular complexity index is 354. The summed E-state index contributed by atoms with van der Waals surface area (Å²) in [4.78, 5) is 0. The zero-order valence-electron chi connectivity index (χ0n) is 6.14. The first-order valence-electron chi connectivity index (χ1n) is 2.73. The maximum absolute atomic E-state index is 11.0. The van der Waals surface area contributed by atoms with Crippen molar-refractivity contribution in [2.45, 2.75) is 0 Å². The van der Waals surface area contributed by atoms with E-state index < -0.39 is 9.73 Å². The van der Waals surface area contributed by atoms with Crippen LogP contribution in [0.1, 0.15) is 0 Å². The average molecular weight is 176 g/mol. The van der Waals surface area contributed by atoms with Crippen molar-refractivity contribution in [3.05, 3.63) is 0 Å². The van der Waals surface area contributed by atoms with Gasteiger partial charge in [0.25, 0.3) is 0 Å². The SMILES string of the molecule is CS(C)(=O)=Nc1nnc(N)o1. The number of rotatable bonds is 1. The van der Waals surface area contributed by atoms with Crippen molar-refractivity contribution in [1.29, 1.82) is 0 Å². The van der Waals surface area contributed by atoms with Crippen molar-refractivity contribution in [3.8, 4) is 0 Å². The number of hydrogen-bond donors (Lipinski definition) is 1. The summed E-state index contributed by atoms with van der Waals surface area (Å²) in [7, 11) is -2.24. The maximum atomic E-state index is 11.0. The number of nitrogen functional groups attached to an aromatic ring is 1. The first-order valence-corrected chi connectivity index (χ1v) is 5.06. The van der Waals surface area contributed by atoms with E-state index >= 15 is 0 Å². The van der Waals surface area contributed by atoms with Crippen molar-refractivity contribution >= 4 is 21.8 Å². The summed E-state index contributed by atoms with van der Waals surface area (Å²) < 4.78 is 19.3. The third-order valence-electron chi connectivity index (χ3n) is 0.728. The zero-order chi connectivity index (χ0) is 8.48. The summed E-state index contributed by atoms with van der Waals surface area (Å²) in [5, 5.41) is 6.76. The molecule has 6 nitrogen and oxygen atoms in total. The van der Waals surface area contributed by atoms with E-state index in [-0.39, 0.29) is 12.0 Å². The monoisotopic (exact) mass is 176 g/mol. The van der Waals surface area contributed by atoms with E-state index in [1.807, 2.05) is 0 Å². The van der Waals surface area contributed by atoms with Gasteiger partial charge in [0.1, 0.15) is 0 Å². The van der Waals surface area contributed by atoms with Gasteiger partial charge in [-0.25, -0.2) is 4.21 Å². The number of hydrogen-bond acceptors (Lipinski definition) is 6. The van der Waals surface area contributed by atoms with Gasteiger partial charge >= 0.3 is 12.0 Å². The number of anilines is 1. The van der Waals surface area contributed by atoms with Gasteiger partial charge in [0.05, 0.1) is 9.73 Å². The fraction of sp³-hybridized carbons (Fsp3) is 0.500. The molecule has 0 radical (unpaired) electrons. The van der Waals surface area contributed by atoms with Crippen molar-refractivity contribution in [3.63, 3.8) is 0 Å². The second kappa shape index (κ2) is 2.50. The molecular formula is C4H8N4O2S. The molecule has 0 aliphatic rings. The van der Waals surface area contributed by atoms with Gasteiger partial charge in [-0.1, -0.05) is 10.2 Å². The molecule has 0 spiro atoms. The zero-order valence-corrected chi connectivity index (χ0v) is 6.96. The summed E-state index contributed by atoms with van der Waals surface area (Å²) >= 11 is 0. The van der Waals surface area contributed by atoms with E-state index in [4.69, 9.17) is 5.73 Å². The predicted molar refractivity (Wildman–Crippen MR) is 40.8 cm³/mol. The van der Waals surface area contributed by atoms with Gasteiger partial charge in [-0.05, 0) is 0 Å². The highest BCUT2D eigenvalue weighted by Crippen LogP contribution is 2.11. The van der Waals surface area contributed by atoms with Gasteiger partial charge in [0.15, 0.2) is 0 Å². The minimum atomic E-state index is -2.24. The van der Waals surface area contributed by atoms with Crippen molar-refractivity contribution in [2.24, 2.45) is 4.36 Å². The Morgan fingerprint density at radius 3 is 2.55 bits per heavy atom. The van der Waals surface area contributed by atoms with E-state index in [0.29, 0.717) is 0 Å². The minimum absolute atomic E-state index is 0.0440. The standard InChI is InChI=1S/C4H8N4O2S/c1-11(2,9)8-4-7-6-3(5)10-4/h1-2H3,(H2,5,6). The highest BCUT2D eigenvalue weighted by Gasteiger charge is 2.01. The third kappa shape index (κ3) is 2.54. The third-order valence-corrected chi connectivity index (χ3v) is 1.32. The van der Waals surface area contributed by atoms with E-state index in [1.165, 1.54) is 12.5 Å². The van der Waals surface area contributed by atoms with E-state index in [0.717, 1.165) is 0 Å². The molecule has 11 heavy (non-hydrogen) atoms. The lowest BCUT2D eigenvalue weighted by Gasteiger charge is -1.87. The Labute approximate surface area is 64.0 Å². The van der Waals surface area contributed by atoms with E-state index in [9.17, 15) is 4.21 Å². The molecule has 1 aromatic rings. The van der Waals surface area contributed by atoms with Gasteiger partial charge in [0, 0.05) is 12.5 Å². The normalized spacial score (nSPS) is 11.5. The fourth-order valence-electron chi connectivity index (χ4n) is 0.451. The highest BCUT2D eigenvalue weighted by molar-refractivity contribution is 7.92. The fourth-order valence-corrected chi connectivity index (χ4v) is 0.901. The summed E-state index contributed by atoms with van der Waals surface area (Å²) in [6, 6.07) is -0.120. The lowest BCUT2D eigenvalue weighted by Crippen LogP contribution is -1.88. The van der Waals surface area contributed by atoms with Gasteiger partial charge < -0.3 is 10.2 Å². The second-order valence-electron chi connectivity index (χ2n) is 2.20. The first-order chi connectivity index (χ1) is 4.97. The average Bonchev–Trinajstić information content (AvgIpc) is 2.10. The van der Waals surface area contributed by atoms with E-state index in [1.54, 1.807) is 0 Å². The van der Waals surface area contributed by atoms with Gasteiger partial charge in [0.2, 0.25) is 0 Å². The predicted octanol–water partition coefficient (Wildman–Crippen LogP) is 0.0109. The molecule has 2 N–H and O–H groups in total. The van der Waals surface area contributed by atoms with Crippen LogP contribution in [0.25, 0.3) is 0 Å². The Morgan fingerprint density at radius 1 is 1.55 bits per heavy atom. The smallest absolute Gasteiger partial charge is 0.352 e. The summed E-state index contributed by atoms with van der Waals surface area (Å²) in [5.74, 6) is 0. The van der Waals surface area contributed by atoms with Crippen LogP contribution in [0.4, 0.5) is 12.0 Å². The van der Waals surface area contributed by atoms with Crippen LogP contribution in [0.5, 0.6) is 0 Å². The summed E-state index contributed by atoms with van der Waals surface area (Å²) in [5.41, 5.74) is 5.10. The lowest BCUT2D eigenvalue weighted by atomic mass is 11.2. The molecule has 0 aromatic carbocycles. The molecule has 0 unspecified atom stereocenters. The molecule has 0 aliphatic heterocycles. The number of nitrogens with zero attached hydrogens (tertiary/aromatic N) is 3. The number of nitrogens with two attached hydrogens (primary N) is 1. The Kier molecular flexibility index (Phi) is 1.81. The molecule has 0 fully saturated rings. The highest BCUT2D eigenvalue weighted by atomic mass is 32.2. The molecule has 7 heteroatoms. The van der Waals surface area contributed by atoms with Crippen LogP contribution in [0.15, 0.2) is 8.78 Å². The minimum Gasteiger partial charge on any atom is -0.388 e. The molecule has 0 amide bonds. The second-order valence-corrected chi connectivity index (χ2v) is 4.74. The maximum Gasteiger partial charge on any atom is 0.352 e. The number of aromatic nitrogens is 2. The molecule has 1 heterocycles. The van der Waals surface area contributed by atoms with Crippen LogP contribution in [0.2, 0.25) is 0 Å². The molecule has 1 rings (SSSR count). The van der Waals surface area contributed by atoms with Crippen LogP contribution in [0, 0.1) is 0 Å². The van der Waals surface area contributed by atoms with Gasteiger partial charge in [-0.3, -0.25) is 0 Å². The van der Waals surface area contributed by atoms with Crippen LogP contribution < -0.4 is 5.73 Å². The Hall–Kier alpha value is -1.11. The molecular weight excluding hydrogens is 168 g/mol. The van der Waals surface area contributed by atoms with Crippen LogP contribution >= 0.6 is 0 Å². The van der Waals surface area contributed by atoms with Crippen molar-refractivity contribution in [1.82, 2.24) is 10.2 Å². The van der Waals surface area contributed by atoms with Crippen LogP contribution in [-0.2, 0) is 9.73 Å². The quantitative estimate of drug-likeness (QED) is 0.650. The van der Waals surface area contributed by atoms with Crippen LogP contribution in [-0.4, -0.2) is 26.9 Å². The first kappa shape index (κ1) is 7.99. The molecule has 0 aliphatic carbocycles. The molecule has 0 atom stereocenters. The van der Waals surface area contributed by atoms with Gasteiger partial charge in [-0.15, -0.1) is 4.36 Å². The van der Waals surface area contributed by atoms with Crippen LogP contribution in [0.3, 0.4) is 0 Å².